The lowest BCUT2D eigenvalue weighted by Gasteiger charge is -2.36. The van der Waals surface area contributed by atoms with Crippen LogP contribution < -0.4 is 18.9 Å². The second kappa shape index (κ2) is 24.6. The van der Waals surface area contributed by atoms with Crippen molar-refractivity contribution in [3.63, 3.8) is 0 Å². The maximum absolute atomic E-state index is 14.4. The highest BCUT2D eigenvalue weighted by molar-refractivity contribution is 7.92. The highest BCUT2D eigenvalue weighted by atomic mass is 32.2. The zero-order valence-electron chi connectivity index (χ0n) is 48.5. The normalized spacial score (nSPS) is 16.3. The highest BCUT2D eigenvalue weighted by Gasteiger charge is 2.43. The second-order valence-electron chi connectivity index (χ2n) is 21.6. The zero-order valence-corrected chi connectivity index (χ0v) is 51.8. The van der Waals surface area contributed by atoms with Crippen molar-refractivity contribution in [2.75, 3.05) is 0 Å². The van der Waals surface area contributed by atoms with Crippen LogP contribution >= 0.6 is 0 Å². The van der Waals surface area contributed by atoms with E-state index in [1.807, 2.05) is 36.4 Å². The van der Waals surface area contributed by atoms with Gasteiger partial charge in [-0.2, -0.15) is 0 Å². The van der Waals surface area contributed by atoms with E-state index in [0.29, 0.717) is 61.6 Å². The van der Waals surface area contributed by atoms with Gasteiger partial charge in [0.15, 0.2) is 0 Å². The van der Waals surface area contributed by atoms with E-state index >= 15 is 0 Å². The molecule has 11 aromatic rings. The van der Waals surface area contributed by atoms with Crippen LogP contribution in [0.25, 0.3) is 22.3 Å². The van der Waals surface area contributed by atoms with Crippen LogP contribution in [0.4, 0.5) is 0 Å². The van der Waals surface area contributed by atoms with Gasteiger partial charge in [0.1, 0.15) is 47.7 Å². The Balaban J connectivity index is 0.951. The van der Waals surface area contributed by atoms with Crippen molar-refractivity contribution in [3.8, 4) is 56.8 Å². The Hall–Kier alpha value is -10.1. The molecule has 6 heterocycles. The van der Waals surface area contributed by atoms with Crippen molar-refractivity contribution < 1.29 is 72.3 Å². The lowest BCUT2D eigenvalue weighted by molar-refractivity contribution is -0.320. The van der Waals surface area contributed by atoms with Gasteiger partial charge in [0.2, 0.25) is 39.3 Å². The highest BCUT2D eigenvalue weighted by Crippen LogP contribution is 2.41. The molecule has 20 heteroatoms. The molecule has 8 bridgehead atoms. The summed E-state index contributed by atoms with van der Waals surface area (Å²) >= 11 is 0. The molecule has 0 saturated heterocycles. The Morgan fingerprint density at radius 3 is 1.09 bits per heavy atom. The molecule has 6 aliphatic heterocycles. The summed E-state index contributed by atoms with van der Waals surface area (Å²) in [4.78, 5) is -0.0934. The second-order valence-corrected chi connectivity index (χ2v) is 29.4. The summed E-state index contributed by atoms with van der Waals surface area (Å²) in [5, 5.41) is 19.8. The predicted molar refractivity (Wildman–Crippen MR) is 339 cm³/mol. The van der Waals surface area contributed by atoms with Gasteiger partial charge in [0, 0.05) is 0 Å². The van der Waals surface area contributed by atoms with Gasteiger partial charge in [-0.15, -0.1) is 0 Å². The van der Waals surface area contributed by atoms with Crippen molar-refractivity contribution in [1.82, 2.24) is 0 Å². The molecule has 2 N–H and O–H groups in total. The fraction of sp³-hybridized carbons (Fsp3) is 0.0833. The first-order chi connectivity index (χ1) is 44.3. The smallest absolute Gasteiger partial charge is 0.402 e. The Morgan fingerprint density at radius 2 is 0.685 bits per heavy atom. The first-order valence-corrected chi connectivity index (χ1v) is 34.6. The van der Waals surface area contributed by atoms with Crippen LogP contribution in [0.2, 0.25) is 0 Å². The molecule has 0 radical (unpaired) electrons. The van der Waals surface area contributed by atoms with Crippen molar-refractivity contribution in [3.05, 3.63) is 288 Å². The number of hydrogen-bond acceptors (Lipinski definition) is 16. The molecular formula is C72H54O16S4. The summed E-state index contributed by atoms with van der Waals surface area (Å²) in [5.41, 5.74) is 5.76. The SMILES string of the molecule is O=S1(=O)c2ccc(cc2)OCc2cccc(-c3ccc(S(=O)(=O)c4ccc(O)cc4)cc3)c2COCc2ccccc2C2(OCc3c(cccc3-c3ccc(S(=O)(=O)c4ccc(O)cc4)cc3)COc3ccc(cc3)S(=O)(=O)c3ccc(cc3)O2)Oc2ccc1cc2. The zero-order chi connectivity index (χ0) is 63.8. The van der Waals surface area contributed by atoms with Crippen LogP contribution in [-0.2, 0) is 87.8 Å². The fourth-order valence-electron chi connectivity index (χ4n) is 10.9. The molecule has 0 saturated carbocycles. The molecule has 0 aromatic heterocycles. The predicted octanol–water partition coefficient (Wildman–Crippen LogP) is 13.7. The van der Waals surface area contributed by atoms with E-state index in [9.17, 15) is 43.9 Å². The van der Waals surface area contributed by atoms with Gasteiger partial charge < -0.3 is 33.9 Å². The lowest BCUT2D eigenvalue weighted by Crippen LogP contribution is -2.43. The summed E-state index contributed by atoms with van der Waals surface area (Å²) in [7, 11) is -16.2. The number of fused-ring (bicyclic) bond motifs is 4. The fourth-order valence-corrected chi connectivity index (χ4v) is 16.0. The molecule has 17 rings (SSSR count). The van der Waals surface area contributed by atoms with Crippen molar-refractivity contribution >= 4 is 39.3 Å². The van der Waals surface area contributed by atoms with E-state index < -0.39 is 45.3 Å². The third-order valence-corrected chi connectivity index (χ3v) is 23.0. The average Bonchev–Trinajstić information content (AvgIpc) is 1.23. The maximum Gasteiger partial charge on any atom is 0.402 e. The number of rotatable bonds is 6. The Bertz CT molecular complexity index is 5030. The van der Waals surface area contributed by atoms with E-state index in [1.54, 1.807) is 72.8 Å². The summed E-state index contributed by atoms with van der Waals surface area (Å²) in [6.07, 6.45) is 0. The van der Waals surface area contributed by atoms with Crippen LogP contribution in [0.3, 0.4) is 0 Å². The largest absolute Gasteiger partial charge is 0.508 e. The molecule has 1 unspecified atom stereocenters. The van der Waals surface area contributed by atoms with Gasteiger partial charge in [0.25, 0.3) is 0 Å². The number of phenolic OH excluding ortho intramolecular Hbond substituents is 2. The molecule has 11 aromatic carbocycles. The minimum absolute atomic E-state index is 0.000154. The van der Waals surface area contributed by atoms with Crippen molar-refractivity contribution in [2.24, 2.45) is 0 Å². The molecule has 1 atom stereocenters. The number of hydrogen-bond donors (Lipinski definition) is 2. The minimum atomic E-state index is -4.15. The Labute approximate surface area is 531 Å². The topological polar surface area (TPSA) is 232 Å². The van der Waals surface area contributed by atoms with Crippen LogP contribution in [0, 0.1) is 0 Å². The molecule has 92 heavy (non-hydrogen) atoms. The molecule has 0 amide bonds. The average molecular weight is 1300 g/mol. The summed E-state index contributed by atoms with van der Waals surface area (Å²) in [6.45, 7) is -0.564. The number of benzene rings is 11. The first kappa shape index (κ1) is 60.8. The van der Waals surface area contributed by atoms with Crippen molar-refractivity contribution in [2.45, 2.75) is 78.2 Å². The van der Waals surface area contributed by atoms with Crippen LogP contribution in [0.5, 0.6) is 34.5 Å². The number of ether oxygens (including phenoxy) is 6. The van der Waals surface area contributed by atoms with Gasteiger partial charge in [-0.05, 0) is 226 Å². The van der Waals surface area contributed by atoms with Crippen LogP contribution in [0.15, 0.2) is 294 Å². The van der Waals surface area contributed by atoms with E-state index in [4.69, 9.17) is 28.4 Å². The van der Waals surface area contributed by atoms with E-state index in [0.717, 1.165) is 0 Å². The molecule has 0 fully saturated rings. The third-order valence-electron chi connectivity index (χ3n) is 15.9. The van der Waals surface area contributed by atoms with E-state index in [1.165, 1.54) is 146 Å². The standard InChI is InChI=1S/C72H54O16S4/c73-53-15-31-61(32-16-53)89(75,76)59-27-11-48(12-28-59)67-8-3-6-50-44-84-55-19-35-63(36-20-55)91(79,80)65-39-23-57(24-40-65)87-72(71-10-2-1-5-52(71)43-83-46-69(50)67)86-47-70-51(45-85-56-21-37-64(38-22-56)92(81,82)66-41-25-58(88-72)26-42-66)7-4-9-68(70)49-13-29-60(30-14-49)90(77,78)62-33-17-54(74)18-34-62/h1-42,73-74H,43-47H2. The molecule has 6 aliphatic rings. The Morgan fingerprint density at radius 1 is 0.337 bits per heavy atom. The monoisotopic (exact) mass is 1300 g/mol. The van der Waals surface area contributed by atoms with Crippen LogP contribution in [0.1, 0.15) is 33.4 Å². The molecular weight excluding hydrogens is 1250 g/mol. The van der Waals surface area contributed by atoms with Gasteiger partial charge in [-0.1, -0.05) is 78.9 Å². The van der Waals surface area contributed by atoms with Gasteiger partial charge in [-0.25, -0.2) is 33.7 Å². The lowest BCUT2D eigenvalue weighted by atomic mass is 9.96. The van der Waals surface area contributed by atoms with Crippen LogP contribution in [-0.4, -0.2) is 43.9 Å². The minimum Gasteiger partial charge on any atom is -0.508 e. The van der Waals surface area contributed by atoms with Gasteiger partial charge in [-0.3, -0.25) is 4.74 Å². The third kappa shape index (κ3) is 12.1. The first-order valence-electron chi connectivity index (χ1n) is 28.7. The quantitative estimate of drug-likeness (QED) is 0.158. The number of phenols is 2. The van der Waals surface area contributed by atoms with E-state index in [2.05, 4.69) is 0 Å². The number of sulfone groups is 4. The van der Waals surface area contributed by atoms with Crippen molar-refractivity contribution in [1.29, 1.82) is 0 Å². The van der Waals surface area contributed by atoms with E-state index in [-0.39, 0.29) is 101 Å². The van der Waals surface area contributed by atoms with Gasteiger partial charge in [0.05, 0.1) is 64.5 Å². The molecule has 0 aliphatic carbocycles. The molecule has 462 valence electrons. The Kier molecular flexibility index (Phi) is 16.3. The van der Waals surface area contributed by atoms with Gasteiger partial charge >= 0.3 is 5.97 Å². The number of aromatic hydroxyl groups is 2. The summed E-state index contributed by atoms with van der Waals surface area (Å²) < 4.78 is 153. The summed E-state index contributed by atoms with van der Waals surface area (Å²) in [5.74, 6) is -1.63. The molecule has 16 nitrogen and oxygen atoms in total. The molecule has 1 spiro atoms. The maximum atomic E-state index is 14.4. The summed E-state index contributed by atoms with van der Waals surface area (Å²) in [6, 6.07) is 64.9.